The molecule has 0 unspecified atom stereocenters. The van der Waals surface area contributed by atoms with Crippen molar-refractivity contribution >= 4 is 44.7 Å². The van der Waals surface area contributed by atoms with Gasteiger partial charge in [-0.1, -0.05) is 61.3 Å². The first-order chi connectivity index (χ1) is 17.0. The van der Waals surface area contributed by atoms with Gasteiger partial charge in [0.1, 0.15) is 0 Å². The number of rotatable bonds is 6. The Labute approximate surface area is 212 Å². The molecule has 0 atom stereocenters. The second-order valence-corrected chi connectivity index (χ2v) is 9.85. The van der Waals surface area contributed by atoms with Gasteiger partial charge in [0.05, 0.1) is 11.3 Å². The van der Waals surface area contributed by atoms with Crippen LogP contribution in [0, 0.1) is 6.92 Å². The molecular formula is C30H32ClN3O. The zero-order valence-corrected chi connectivity index (χ0v) is 21.2. The third kappa shape index (κ3) is 4.26. The molecule has 1 saturated heterocycles. The molecule has 0 bridgehead atoms. The molecule has 0 spiro atoms. The maximum absolute atomic E-state index is 13.2. The first kappa shape index (κ1) is 23.7. The number of carbonyl (C=O) groups excluding carboxylic acids is 1. The van der Waals surface area contributed by atoms with E-state index >= 15 is 0 Å². The van der Waals surface area contributed by atoms with Crippen molar-refractivity contribution in [2.75, 3.05) is 31.1 Å². The fourth-order valence-corrected chi connectivity index (χ4v) is 5.65. The van der Waals surface area contributed by atoms with Gasteiger partial charge in [-0.2, -0.15) is 0 Å². The first-order valence-corrected chi connectivity index (χ1v) is 12.9. The van der Waals surface area contributed by atoms with Crippen molar-refractivity contribution in [3.8, 4) is 11.1 Å². The molecule has 1 aliphatic heterocycles. The van der Waals surface area contributed by atoms with E-state index in [0.717, 1.165) is 94.6 Å². The van der Waals surface area contributed by atoms with Crippen LogP contribution in [0.1, 0.15) is 41.3 Å². The van der Waals surface area contributed by atoms with Gasteiger partial charge in [0.2, 0.25) is 0 Å². The molecule has 35 heavy (non-hydrogen) atoms. The predicted octanol–water partition coefficient (Wildman–Crippen LogP) is 6.47. The van der Waals surface area contributed by atoms with Crippen LogP contribution in [0.25, 0.3) is 32.7 Å². The Morgan fingerprint density at radius 2 is 1.71 bits per heavy atom. The second-order valence-electron chi connectivity index (χ2n) is 9.44. The lowest BCUT2D eigenvalue weighted by Crippen LogP contribution is -2.44. The molecule has 0 aliphatic carbocycles. The van der Waals surface area contributed by atoms with Gasteiger partial charge >= 0.3 is 0 Å². The molecule has 0 radical (unpaired) electrons. The summed E-state index contributed by atoms with van der Waals surface area (Å²) >= 11 is 6.62. The minimum Gasteiger partial charge on any atom is -0.368 e. The molecule has 4 nitrogen and oxygen atoms in total. The second kappa shape index (κ2) is 9.88. The number of anilines is 1. The van der Waals surface area contributed by atoms with Crippen LogP contribution in [-0.4, -0.2) is 32.1 Å². The lowest BCUT2D eigenvalue weighted by atomic mass is 9.83. The summed E-state index contributed by atoms with van der Waals surface area (Å²) in [4.78, 5) is 15.6. The predicted molar refractivity (Wildman–Crippen MR) is 149 cm³/mol. The fraction of sp³-hybridized carbons (Fsp3) is 0.300. The highest BCUT2D eigenvalue weighted by Crippen LogP contribution is 2.45. The number of hydrogen-bond donors (Lipinski definition) is 2. The average Bonchev–Trinajstić information content (AvgIpc) is 2.87. The Kier molecular flexibility index (Phi) is 6.68. The summed E-state index contributed by atoms with van der Waals surface area (Å²) < 4.78 is 0. The van der Waals surface area contributed by atoms with Gasteiger partial charge < -0.3 is 16.0 Å². The molecule has 0 aromatic heterocycles. The Morgan fingerprint density at radius 3 is 2.37 bits per heavy atom. The molecule has 1 fully saturated rings. The molecular weight excluding hydrogens is 454 g/mol. The molecule has 5 heteroatoms. The smallest absolute Gasteiger partial charge is 0.251 e. The van der Waals surface area contributed by atoms with Gasteiger partial charge in [-0.3, -0.25) is 4.79 Å². The summed E-state index contributed by atoms with van der Waals surface area (Å²) in [5.41, 5.74) is 12.1. The Morgan fingerprint density at radius 1 is 1.03 bits per heavy atom. The normalized spacial score (nSPS) is 14.1. The molecule has 1 amide bonds. The van der Waals surface area contributed by atoms with Crippen molar-refractivity contribution in [2.24, 2.45) is 5.73 Å². The van der Waals surface area contributed by atoms with Crippen molar-refractivity contribution in [1.29, 1.82) is 0 Å². The molecule has 1 aliphatic rings. The monoisotopic (exact) mass is 485 g/mol. The van der Waals surface area contributed by atoms with E-state index < -0.39 is 0 Å². The van der Waals surface area contributed by atoms with Gasteiger partial charge in [-0.25, -0.2) is 0 Å². The Balaban J connectivity index is 1.99. The third-order valence-electron chi connectivity index (χ3n) is 7.25. The van der Waals surface area contributed by atoms with Crippen LogP contribution < -0.4 is 16.0 Å². The van der Waals surface area contributed by atoms with Crippen LogP contribution in [0.2, 0.25) is 5.02 Å². The number of fused-ring (bicyclic) bond motifs is 2. The van der Waals surface area contributed by atoms with E-state index in [-0.39, 0.29) is 5.91 Å². The fourth-order valence-electron chi connectivity index (χ4n) is 5.48. The van der Waals surface area contributed by atoms with Crippen molar-refractivity contribution in [3.63, 3.8) is 0 Å². The number of benzene rings is 4. The van der Waals surface area contributed by atoms with Crippen LogP contribution in [0.4, 0.5) is 5.69 Å². The zero-order valence-electron chi connectivity index (χ0n) is 20.5. The highest BCUT2D eigenvalue weighted by molar-refractivity contribution is 6.32. The number of piperazine rings is 1. The van der Waals surface area contributed by atoms with Crippen molar-refractivity contribution in [1.82, 2.24) is 5.32 Å². The van der Waals surface area contributed by atoms with Crippen molar-refractivity contribution in [2.45, 2.75) is 33.1 Å². The number of amides is 1. The van der Waals surface area contributed by atoms with Gasteiger partial charge in [0.25, 0.3) is 5.91 Å². The van der Waals surface area contributed by atoms with Crippen LogP contribution in [0.5, 0.6) is 0 Å². The van der Waals surface area contributed by atoms with Gasteiger partial charge in [-0.15, -0.1) is 0 Å². The minimum absolute atomic E-state index is 0.361. The Hall–Kier alpha value is -3.08. The number of nitrogens with two attached hydrogens (primary N) is 1. The summed E-state index contributed by atoms with van der Waals surface area (Å²) in [6.45, 7) is 7.68. The van der Waals surface area contributed by atoms with Gasteiger partial charge in [-0.05, 0) is 76.4 Å². The van der Waals surface area contributed by atoms with E-state index in [1.165, 1.54) is 5.39 Å². The number of nitrogens with zero attached hydrogens (tertiary/aromatic N) is 1. The number of halogens is 1. The maximum Gasteiger partial charge on any atom is 0.251 e. The van der Waals surface area contributed by atoms with E-state index in [1.807, 2.05) is 12.1 Å². The first-order valence-electron chi connectivity index (χ1n) is 12.5. The number of carbonyl (C=O) groups is 1. The highest BCUT2D eigenvalue weighted by Gasteiger charge is 2.28. The minimum atomic E-state index is -0.361. The number of nitrogens with one attached hydrogen (secondary N) is 1. The summed E-state index contributed by atoms with van der Waals surface area (Å²) in [6, 6.07) is 19.0. The van der Waals surface area contributed by atoms with E-state index in [2.05, 4.69) is 66.5 Å². The van der Waals surface area contributed by atoms with Crippen LogP contribution in [-0.2, 0) is 6.42 Å². The van der Waals surface area contributed by atoms with Gasteiger partial charge in [0, 0.05) is 36.6 Å². The highest BCUT2D eigenvalue weighted by atomic mass is 35.5. The van der Waals surface area contributed by atoms with E-state index in [1.54, 1.807) is 0 Å². The average molecular weight is 486 g/mol. The molecule has 5 rings (SSSR count). The maximum atomic E-state index is 13.2. The number of primary amides is 1. The summed E-state index contributed by atoms with van der Waals surface area (Å²) in [6.07, 6.45) is 2.80. The van der Waals surface area contributed by atoms with Crippen LogP contribution >= 0.6 is 11.6 Å². The van der Waals surface area contributed by atoms with Crippen LogP contribution in [0.15, 0.2) is 54.6 Å². The van der Waals surface area contributed by atoms with Crippen molar-refractivity contribution < 1.29 is 4.79 Å². The van der Waals surface area contributed by atoms with Crippen molar-refractivity contribution in [3.05, 3.63) is 76.3 Å². The third-order valence-corrected chi connectivity index (χ3v) is 7.66. The quantitative estimate of drug-likeness (QED) is 0.307. The topological polar surface area (TPSA) is 58.4 Å². The zero-order chi connectivity index (χ0) is 24.5. The van der Waals surface area contributed by atoms with E-state index in [9.17, 15) is 4.79 Å². The lowest BCUT2D eigenvalue weighted by Gasteiger charge is -2.34. The molecule has 180 valence electrons. The SMILES string of the molecule is CCCCc1c(C(N)=O)c(N2CCNCC2)c2cc3ccccc3cc2c1-c1cccc(Cl)c1C. The molecule has 1 heterocycles. The standard InChI is InChI=1S/C30H32ClN3O/c1-3-4-10-23-27(22-11-7-12-26(31)19(22)2)24-17-20-8-5-6-9-21(20)18-25(24)29(28(23)30(32)35)34-15-13-33-14-16-34/h5-9,11-12,17-18,33H,3-4,10,13-16H2,1-2H3,(H2,32,35). The molecule has 4 aromatic carbocycles. The van der Waals surface area contributed by atoms with Crippen LogP contribution in [0.3, 0.4) is 0 Å². The molecule has 4 aromatic rings. The molecule has 0 saturated carbocycles. The molecule has 3 N–H and O–H groups in total. The Bertz CT molecular complexity index is 1420. The van der Waals surface area contributed by atoms with E-state index in [4.69, 9.17) is 17.3 Å². The summed E-state index contributed by atoms with van der Waals surface area (Å²) in [5, 5.41) is 8.73. The number of hydrogen-bond acceptors (Lipinski definition) is 3. The largest absolute Gasteiger partial charge is 0.368 e. The lowest BCUT2D eigenvalue weighted by molar-refractivity contribution is 0.1000. The number of unbranched alkanes of at least 4 members (excludes halogenated alkanes) is 1. The summed E-state index contributed by atoms with van der Waals surface area (Å²) in [5.74, 6) is -0.361. The summed E-state index contributed by atoms with van der Waals surface area (Å²) in [7, 11) is 0. The van der Waals surface area contributed by atoms with E-state index in [0.29, 0.717) is 5.56 Å². The van der Waals surface area contributed by atoms with Gasteiger partial charge in [0.15, 0.2) is 0 Å².